The molecule has 20 heavy (non-hydrogen) atoms. The van der Waals surface area contributed by atoms with E-state index in [2.05, 4.69) is 50.4 Å². The summed E-state index contributed by atoms with van der Waals surface area (Å²) in [5.74, 6) is 1.86. The van der Waals surface area contributed by atoms with Crippen LogP contribution in [0.5, 0.6) is 0 Å². The summed E-state index contributed by atoms with van der Waals surface area (Å²) in [7, 11) is 0. The summed E-state index contributed by atoms with van der Waals surface area (Å²) in [5.41, 5.74) is 2.88. The summed E-state index contributed by atoms with van der Waals surface area (Å²) in [6, 6.07) is 9.71. The highest BCUT2D eigenvalue weighted by molar-refractivity contribution is 5.23. The Kier molecular flexibility index (Phi) is 6.09. The van der Waals surface area contributed by atoms with E-state index in [-0.39, 0.29) is 0 Å². The molecule has 1 fully saturated rings. The van der Waals surface area contributed by atoms with E-state index in [0.29, 0.717) is 6.04 Å². The highest BCUT2D eigenvalue weighted by Gasteiger charge is 2.29. The quantitative estimate of drug-likeness (QED) is 0.757. The maximum absolute atomic E-state index is 3.82. The molecule has 0 radical (unpaired) electrons. The lowest BCUT2D eigenvalue weighted by Crippen LogP contribution is -2.37. The third-order valence-electron chi connectivity index (χ3n) is 4.92. The van der Waals surface area contributed by atoms with Gasteiger partial charge >= 0.3 is 0 Å². The Morgan fingerprint density at radius 3 is 2.75 bits per heavy atom. The summed E-state index contributed by atoms with van der Waals surface area (Å²) in [6.07, 6.45) is 8.09. The van der Waals surface area contributed by atoms with E-state index in [1.165, 1.54) is 49.7 Å². The van der Waals surface area contributed by atoms with Gasteiger partial charge in [-0.1, -0.05) is 56.5 Å². The van der Waals surface area contributed by atoms with E-state index in [1.54, 1.807) is 0 Å². The van der Waals surface area contributed by atoms with E-state index in [0.717, 1.165) is 18.4 Å². The fourth-order valence-electron chi connectivity index (χ4n) is 3.68. The van der Waals surface area contributed by atoms with Crippen LogP contribution in [0, 0.1) is 18.8 Å². The molecule has 1 heteroatoms. The summed E-state index contributed by atoms with van der Waals surface area (Å²) in [4.78, 5) is 0. The van der Waals surface area contributed by atoms with Gasteiger partial charge in [-0.15, -0.1) is 0 Å². The zero-order chi connectivity index (χ0) is 14.4. The lowest BCUT2D eigenvalue weighted by atomic mass is 9.90. The standard InChI is InChI=1S/C19H31N/c1-4-11-20-19(18-10-9-16(5-2)13-18)14-17-8-6-7-15(3)12-17/h6-8,12,16,18-20H,4-5,9-11,13-14H2,1-3H3. The van der Waals surface area contributed by atoms with Crippen LogP contribution in [0.2, 0.25) is 0 Å². The predicted molar refractivity (Wildman–Crippen MR) is 88.1 cm³/mol. The summed E-state index contributed by atoms with van der Waals surface area (Å²) < 4.78 is 0. The van der Waals surface area contributed by atoms with Crippen LogP contribution in [0.25, 0.3) is 0 Å². The molecule has 2 rings (SSSR count). The molecule has 0 spiro atoms. The molecule has 0 aromatic heterocycles. The SMILES string of the molecule is CCCNC(Cc1cccc(C)c1)C1CCC(CC)C1. The van der Waals surface area contributed by atoms with Crippen molar-refractivity contribution in [2.75, 3.05) is 6.54 Å². The molecule has 1 aliphatic carbocycles. The molecule has 112 valence electrons. The molecule has 0 saturated heterocycles. The maximum Gasteiger partial charge on any atom is 0.0136 e. The zero-order valence-electron chi connectivity index (χ0n) is 13.5. The van der Waals surface area contributed by atoms with Crippen molar-refractivity contribution < 1.29 is 0 Å². The van der Waals surface area contributed by atoms with Crippen molar-refractivity contribution in [1.82, 2.24) is 5.32 Å². The van der Waals surface area contributed by atoms with Crippen LogP contribution in [0.1, 0.15) is 57.1 Å². The van der Waals surface area contributed by atoms with Crippen LogP contribution in [-0.4, -0.2) is 12.6 Å². The fraction of sp³-hybridized carbons (Fsp3) is 0.684. The maximum atomic E-state index is 3.82. The van der Waals surface area contributed by atoms with Crippen LogP contribution >= 0.6 is 0 Å². The van der Waals surface area contributed by atoms with Crippen molar-refractivity contribution >= 4 is 0 Å². The van der Waals surface area contributed by atoms with Gasteiger partial charge in [0.25, 0.3) is 0 Å². The van der Waals surface area contributed by atoms with E-state index < -0.39 is 0 Å². The molecule has 0 aliphatic heterocycles. The number of rotatable bonds is 7. The Morgan fingerprint density at radius 1 is 1.25 bits per heavy atom. The molecule has 0 heterocycles. The molecule has 1 saturated carbocycles. The normalized spacial score (nSPS) is 23.9. The van der Waals surface area contributed by atoms with Crippen molar-refractivity contribution in [2.24, 2.45) is 11.8 Å². The minimum absolute atomic E-state index is 0.674. The molecule has 0 bridgehead atoms. The first-order chi connectivity index (χ1) is 9.72. The van der Waals surface area contributed by atoms with Gasteiger partial charge in [-0.2, -0.15) is 0 Å². The summed E-state index contributed by atoms with van der Waals surface area (Å²) >= 11 is 0. The highest BCUT2D eigenvalue weighted by Crippen LogP contribution is 2.35. The largest absolute Gasteiger partial charge is 0.313 e. The fourth-order valence-corrected chi connectivity index (χ4v) is 3.68. The van der Waals surface area contributed by atoms with Gasteiger partial charge in [0.1, 0.15) is 0 Å². The molecule has 1 N–H and O–H groups in total. The third kappa shape index (κ3) is 4.34. The molecule has 0 amide bonds. The average molecular weight is 273 g/mol. The first kappa shape index (κ1) is 15.6. The lowest BCUT2D eigenvalue weighted by Gasteiger charge is -2.25. The van der Waals surface area contributed by atoms with Gasteiger partial charge in [0.15, 0.2) is 0 Å². The predicted octanol–water partition coefficient (Wildman–Crippen LogP) is 4.73. The first-order valence-electron chi connectivity index (χ1n) is 8.51. The third-order valence-corrected chi connectivity index (χ3v) is 4.92. The van der Waals surface area contributed by atoms with E-state index in [9.17, 15) is 0 Å². The van der Waals surface area contributed by atoms with Gasteiger partial charge in [0.2, 0.25) is 0 Å². The number of hydrogen-bond acceptors (Lipinski definition) is 1. The van der Waals surface area contributed by atoms with Gasteiger partial charge in [-0.3, -0.25) is 0 Å². The molecule has 1 aliphatic rings. The Morgan fingerprint density at radius 2 is 2.10 bits per heavy atom. The minimum atomic E-state index is 0.674. The molecule has 1 nitrogen and oxygen atoms in total. The van der Waals surface area contributed by atoms with E-state index in [4.69, 9.17) is 0 Å². The Balaban J connectivity index is 2.00. The Hall–Kier alpha value is -0.820. The van der Waals surface area contributed by atoms with Gasteiger partial charge in [-0.05, 0) is 56.6 Å². The molecule has 3 atom stereocenters. The first-order valence-corrected chi connectivity index (χ1v) is 8.51. The lowest BCUT2D eigenvalue weighted by molar-refractivity contribution is 0.344. The van der Waals surface area contributed by atoms with Crippen LogP contribution < -0.4 is 5.32 Å². The average Bonchev–Trinajstić information content (AvgIpc) is 2.92. The number of hydrogen-bond donors (Lipinski definition) is 1. The number of nitrogens with one attached hydrogen (secondary N) is 1. The van der Waals surface area contributed by atoms with Crippen LogP contribution in [-0.2, 0) is 6.42 Å². The van der Waals surface area contributed by atoms with Crippen molar-refractivity contribution in [1.29, 1.82) is 0 Å². The smallest absolute Gasteiger partial charge is 0.0136 e. The van der Waals surface area contributed by atoms with E-state index in [1.807, 2.05) is 0 Å². The molecular weight excluding hydrogens is 242 g/mol. The van der Waals surface area contributed by atoms with Crippen LogP contribution in [0.4, 0.5) is 0 Å². The van der Waals surface area contributed by atoms with E-state index >= 15 is 0 Å². The second-order valence-corrected chi connectivity index (χ2v) is 6.60. The highest BCUT2D eigenvalue weighted by atomic mass is 14.9. The monoisotopic (exact) mass is 273 g/mol. The number of benzene rings is 1. The van der Waals surface area contributed by atoms with Gasteiger partial charge in [-0.25, -0.2) is 0 Å². The van der Waals surface area contributed by atoms with Crippen molar-refractivity contribution in [2.45, 2.75) is 65.3 Å². The van der Waals surface area contributed by atoms with Crippen LogP contribution in [0.3, 0.4) is 0 Å². The molecule has 3 unspecified atom stereocenters. The minimum Gasteiger partial charge on any atom is -0.313 e. The summed E-state index contributed by atoms with van der Waals surface area (Å²) in [6.45, 7) is 7.97. The van der Waals surface area contributed by atoms with Crippen LogP contribution in [0.15, 0.2) is 24.3 Å². The molecule has 1 aromatic rings. The van der Waals surface area contributed by atoms with Gasteiger partial charge in [0.05, 0.1) is 0 Å². The topological polar surface area (TPSA) is 12.0 Å². The second kappa shape index (κ2) is 7.83. The van der Waals surface area contributed by atoms with Gasteiger partial charge < -0.3 is 5.32 Å². The Labute approximate surface area is 125 Å². The molecular formula is C19H31N. The van der Waals surface area contributed by atoms with Crippen molar-refractivity contribution in [3.05, 3.63) is 35.4 Å². The zero-order valence-corrected chi connectivity index (χ0v) is 13.5. The van der Waals surface area contributed by atoms with Crippen molar-refractivity contribution in [3.63, 3.8) is 0 Å². The number of aryl methyl sites for hydroxylation is 1. The van der Waals surface area contributed by atoms with Gasteiger partial charge in [0, 0.05) is 6.04 Å². The van der Waals surface area contributed by atoms with Crippen molar-refractivity contribution in [3.8, 4) is 0 Å². The molecule has 1 aromatic carbocycles. The second-order valence-electron chi connectivity index (χ2n) is 6.60. The Bertz CT molecular complexity index is 399. The summed E-state index contributed by atoms with van der Waals surface area (Å²) in [5, 5.41) is 3.82.